The average Bonchev–Trinajstić information content (AvgIpc) is 2.45. The van der Waals surface area contributed by atoms with Gasteiger partial charge in [0.1, 0.15) is 5.82 Å². The van der Waals surface area contributed by atoms with E-state index in [0.29, 0.717) is 11.1 Å². The fourth-order valence-corrected chi connectivity index (χ4v) is 2.35. The van der Waals surface area contributed by atoms with Crippen LogP contribution in [0, 0.1) is 19.7 Å². The van der Waals surface area contributed by atoms with E-state index in [4.69, 9.17) is 0 Å². The standard InChI is InChI=1S/C15H12BrFO.C2H6/c1-9-7-13(14(16)8-10(9)2)15(18)11-3-5-12(17)6-4-11;1-2/h3-8H,1-2H3;1-2H3. The molecule has 0 aliphatic heterocycles. The third-order valence-electron chi connectivity index (χ3n) is 2.93. The number of rotatable bonds is 2. The van der Waals surface area contributed by atoms with Gasteiger partial charge in [-0.05, 0) is 61.4 Å². The van der Waals surface area contributed by atoms with Gasteiger partial charge in [0.05, 0.1) is 0 Å². The smallest absolute Gasteiger partial charge is 0.194 e. The Balaban J connectivity index is 0.000000956. The molecule has 0 aliphatic carbocycles. The monoisotopic (exact) mass is 336 g/mol. The first-order valence-electron chi connectivity index (χ1n) is 6.56. The maximum Gasteiger partial charge on any atom is 0.194 e. The van der Waals surface area contributed by atoms with Crippen molar-refractivity contribution in [1.82, 2.24) is 0 Å². The Labute approximate surface area is 128 Å². The van der Waals surface area contributed by atoms with Crippen LogP contribution in [0.1, 0.15) is 40.9 Å². The van der Waals surface area contributed by atoms with Crippen molar-refractivity contribution >= 4 is 21.7 Å². The summed E-state index contributed by atoms with van der Waals surface area (Å²) >= 11 is 3.40. The zero-order valence-electron chi connectivity index (χ0n) is 12.1. The number of halogens is 2. The van der Waals surface area contributed by atoms with E-state index >= 15 is 0 Å². The van der Waals surface area contributed by atoms with Crippen LogP contribution in [0.15, 0.2) is 40.9 Å². The second-order valence-electron chi connectivity index (χ2n) is 4.25. The molecular weight excluding hydrogens is 319 g/mol. The largest absolute Gasteiger partial charge is 0.289 e. The topological polar surface area (TPSA) is 17.1 Å². The Hall–Kier alpha value is -1.48. The summed E-state index contributed by atoms with van der Waals surface area (Å²) in [5.74, 6) is -0.448. The average molecular weight is 337 g/mol. The lowest BCUT2D eigenvalue weighted by Crippen LogP contribution is -2.03. The maximum atomic E-state index is 12.8. The molecule has 0 bridgehead atoms. The molecule has 2 aromatic carbocycles. The SMILES string of the molecule is CC.Cc1cc(Br)c(C(=O)c2ccc(F)cc2)cc1C. The van der Waals surface area contributed by atoms with Crippen molar-refractivity contribution in [3.05, 3.63) is 68.9 Å². The van der Waals surface area contributed by atoms with Gasteiger partial charge in [0, 0.05) is 15.6 Å². The highest BCUT2D eigenvalue weighted by Gasteiger charge is 2.13. The molecule has 0 fully saturated rings. The predicted octanol–water partition coefficient (Wildman–Crippen LogP) is 5.46. The molecule has 2 aromatic rings. The molecule has 0 radical (unpaired) electrons. The van der Waals surface area contributed by atoms with E-state index in [-0.39, 0.29) is 11.6 Å². The molecule has 0 amide bonds. The van der Waals surface area contributed by atoms with Crippen molar-refractivity contribution in [3.8, 4) is 0 Å². The second kappa shape index (κ2) is 7.34. The molecule has 0 heterocycles. The van der Waals surface area contributed by atoms with Crippen LogP contribution in [0.25, 0.3) is 0 Å². The lowest BCUT2D eigenvalue weighted by Gasteiger charge is -2.08. The van der Waals surface area contributed by atoms with Crippen molar-refractivity contribution in [3.63, 3.8) is 0 Å². The van der Waals surface area contributed by atoms with Crippen molar-refractivity contribution in [2.45, 2.75) is 27.7 Å². The highest BCUT2D eigenvalue weighted by molar-refractivity contribution is 9.10. The minimum atomic E-state index is -0.342. The summed E-state index contributed by atoms with van der Waals surface area (Å²) in [7, 11) is 0. The quantitative estimate of drug-likeness (QED) is 0.665. The third kappa shape index (κ3) is 3.76. The van der Waals surface area contributed by atoms with Crippen LogP contribution in [-0.4, -0.2) is 5.78 Å². The van der Waals surface area contributed by atoms with E-state index in [1.165, 1.54) is 24.3 Å². The second-order valence-corrected chi connectivity index (χ2v) is 5.11. The maximum absolute atomic E-state index is 12.8. The Morgan fingerprint density at radius 3 is 2.05 bits per heavy atom. The van der Waals surface area contributed by atoms with Gasteiger partial charge in [-0.1, -0.05) is 29.8 Å². The molecule has 0 aromatic heterocycles. The number of carbonyl (C=O) groups excluding carboxylic acids is 1. The van der Waals surface area contributed by atoms with E-state index < -0.39 is 0 Å². The Morgan fingerprint density at radius 2 is 1.50 bits per heavy atom. The molecule has 20 heavy (non-hydrogen) atoms. The van der Waals surface area contributed by atoms with Crippen LogP contribution < -0.4 is 0 Å². The molecule has 0 aliphatic rings. The summed E-state index contributed by atoms with van der Waals surface area (Å²) in [6, 6.07) is 9.36. The molecule has 1 nitrogen and oxygen atoms in total. The van der Waals surface area contributed by atoms with Gasteiger partial charge >= 0.3 is 0 Å². The van der Waals surface area contributed by atoms with Crippen LogP contribution in [0.3, 0.4) is 0 Å². The number of carbonyl (C=O) groups is 1. The van der Waals surface area contributed by atoms with Crippen molar-refractivity contribution in [1.29, 1.82) is 0 Å². The molecule has 0 spiro atoms. The molecule has 0 saturated carbocycles. The van der Waals surface area contributed by atoms with Gasteiger partial charge in [0.15, 0.2) is 5.78 Å². The molecular formula is C17H18BrFO. The van der Waals surface area contributed by atoms with Crippen molar-refractivity contribution < 1.29 is 9.18 Å². The lowest BCUT2D eigenvalue weighted by molar-refractivity contribution is 0.103. The molecule has 0 saturated heterocycles. The zero-order valence-corrected chi connectivity index (χ0v) is 13.7. The van der Waals surface area contributed by atoms with Gasteiger partial charge in [-0.3, -0.25) is 4.79 Å². The third-order valence-corrected chi connectivity index (χ3v) is 3.59. The van der Waals surface area contributed by atoms with Crippen molar-refractivity contribution in [2.75, 3.05) is 0 Å². The summed E-state index contributed by atoms with van der Waals surface area (Å²) in [6.45, 7) is 7.95. The Kier molecular flexibility index (Phi) is 6.08. The molecule has 3 heteroatoms. The minimum absolute atomic E-state index is 0.107. The van der Waals surface area contributed by atoms with E-state index in [1.807, 2.05) is 39.8 Å². The first kappa shape index (κ1) is 16.6. The highest BCUT2D eigenvalue weighted by atomic mass is 79.9. The van der Waals surface area contributed by atoms with Gasteiger partial charge in [0.2, 0.25) is 0 Å². The first-order chi connectivity index (χ1) is 9.49. The molecule has 106 valence electrons. The molecule has 0 unspecified atom stereocenters. The van der Waals surface area contributed by atoms with Crippen LogP contribution in [0.5, 0.6) is 0 Å². The summed E-state index contributed by atoms with van der Waals surface area (Å²) in [5, 5.41) is 0. The molecule has 0 atom stereocenters. The first-order valence-corrected chi connectivity index (χ1v) is 7.35. The summed E-state index contributed by atoms with van der Waals surface area (Å²) in [6.07, 6.45) is 0. The van der Waals surface area contributed by atoms with Gasteiger partial charge in [-0.2, -0.15) is 0 Å². The zero-order chi connectivity index (χ0) is 15.3. The number of ketones is 1. The summed E-state index contributed by atoms with van der Waals surface area (Å²) in [5.41, 5.74) is 3.27. The van der Waals surface area contributed by atoms with E-state index in [2.05, 4.69) is 15.9 Å². The number of hydrogen-bond acceptors (Lipinski definition) is 1. The predicted molar refractivity (Wildman–Crippen MR) is 84.8 cm³/mol. The fourth-order valence-electron chi connectivity index (χ4n) is 1.71. The molecule has 0 N–H and O–H groups in total. The summed E-state index contributed by atoms with van der Waals surface area (Å²) in [4.78, 5) is 12.3. The number of aryl methyl sites for hydroxylation is 2. The Morgan fingerprint density at radius 1 is 1.00 bits per heavy atom. The van der Waals surface area contributed by atoms with Gasteiger partial charge in [0.25, 0.3) is 0 Å². The van der Waals surface area contributed by atoms with Gasteiger partial charge in [-0.25, -0.2) is 4.39 Å². The van der Waals surface area contributed by atoms with Gasteiger partial charge < -0.3 is 0 Å². The van der Waals surface area contributed by atoms with Crippen LogP contribution in [-0.2, 0) is 0 Å². The van der Waals surface area contributed by atoms with Crippen LogP contribution >= 0.6 is 15.9 Å². The van der Waals surface area contributed by atoms with Crippen molar-refractivity contribution in [2.24, 2.45) is 0 Å². The van der Waals surface area contributed by atoms with Crippen LogP contribution in [0.2, 0.25) is 0 Å². The highest BCUT2D eigenvalue weighted by Crippen LogP contribution is 2.24. The Bertz CT molecular complexity index is 603. The number of benzene rings is 2. The lowest BCUT2D eigenvalue weighted by atomic mass is 9.99. The van der Waals surface area contributed by atoms with E-state index in [1.54, 1.807) is 0 Å². The summed E-state index contributed by atoms with van der Waals surface area (Å²) < 4.78 is 13.6. The minimum Gasteiger partial charge on any atom is -0.289 e. The fraction of sp³-hybridized carbons (Fsp3) is 0.235. The van der Waals surface area contributed by atoms with E-state index in [0.717, 1.165) is 15.6 Å². The van der Waals surface area contributed by atoms with Crippen LogP contribution in [0.4, 0.5) is 4.39 Å². The van der Waals surface area contributed by atoms with Gasteiger partial charge in [-0.15, -0.1) is 0 Å². The normalized spacial score (nSPS) is 9.70. The number of hydrogen-bond donors (Lipinski definition) is 0. The van der Waals surface area contributed by atoms with E-state index in [9.17, 15) is 9.18 Å². The molecule has 2 rings (SSSR count).